The van der Waals surface area contributed by atoms with Crippen molar-refractivity contribution in [3.63, 3.8) is 0 Å². The summed E-state index contributed by atoms with van der Waals surface area (Å²) in [7, 11) is 0. The van der Waals surface area contributed by atoms with E-state index in [-0.39, 0.29) is 6.79 Å². The Labute approximate surface area is 309 Å². The third kappa shape index (κ3) is 6.66. The van der Waals surface area contributed by atoms with Crippen molar-refractivity contribution in [2.75, 3.05) is 33.2 Å². The van der Waals surface area contributed by atoms with Crippen LogP contribution in [0.1, 0.15) is 66.8 Å². The highest BCUT2D eigenvalue weighted by molar-refractivity contribution is 5.52. The maximum absolute atomic E-state index is 6.34. The third-order valence-corrected chi connectivity index (χ3v) is 11.0. The van der Waals surface area contributed by atoms with Gasteiger partial charge in [-0.15, -0.1) is 0 Å². The Kier molecular flexibility index (Phi) is 8.16. The standard InChI is InChI=1S/C47H40O6/c1-7-42-25-38-19-34-5-11-46-27-40(34)21-32-3-9-44(23-36(32)17-30(1)38)51-16-14-49-43-8-2-31-18-37-24-45(50-15-13-48-42)10-4-33(37)22-41-28-47(53-29-52-46)12-6-35(41)20-39(31)26-43/h1-12,23-28H,13-22,29H2. The smallest absolute Gasteiger partial charge is 0.230 e. The Balaban J connectivity index is 1.13. The second kappa shape index (κ2) is 13.6. The van der Waals surface area contributed by atoms with E-state index < -0.39 is 0 Å². The average Bonchev–Trinajstić information content (AvgIpc) is 3.27. The van der Waals surface area contributed by atoms with Gasteiger partial charge in [0.15, 0.2) is 0 Å². The highest BCUT2D eigenvalue weighted by Gasteiger charge is 2.20. The van der Waals surface area contributed by atoms with Gasteiger partial charge in [0.25, 0.3) is 0 Å². The van der Waals surface area contributed by atoms with Crippen molar-refractivity contribution in [1.82, 2.24) is 0 Å². The monoisotopic (exact) mass is 700 g/mol. The first-order valence-corrected chi connectivity index (χ1v) is 18.6. The summed E-state index contributed by atoms with van der Waals surface area (Å²) in [5.74, 6) is 4.96. The van der Waals surface area contributed by atoms with E-state index in [9.17, 15) is 0 Å². The van der Waals surface area contributed by atoms with Crippen molar-refractivity contribution in [1.29, 1.82) is 0 Å². The minimum absolute atomic E-state index is 0.110. The Bertz CT molecular complexity index is 2190. The molecule has 0 fully saturated rings. The van der Waals surface area contributed by atoms with Crippen molar-refractivity contribution < 1.29 is 28.4 Å². The fraction of sp³-hybridized carbons (Fsp3) is 0.234. The molecule has 6 aromatic carbocycles. The predicted octanol–water partition coefficient (Wildman–Crippen LogP) is 8.82. The van der Waals surface area contributed by atoms with Crippen LogP contribution < -0.4 is 28.4 Å². The van der Waals surface area contributed by atoms with Gasteiger partial charge >= 0.3 is 0 Å². The molecular formula is C47H40O6. The molecule has 8 aliphatic heterocycles. The van der Waals surface area contributed by atoms with Crippen molar-refractivity contribution in [3.8, 4) is 34.5 Å². The zero-order valence-electron chi connectivity index (χ0n) is 29.6. The van der Waals surface area contributed by atoms with Crippen molar-refractivity contribution in [2.45, 2.75) is 38.5 Å². The quantitative estimate of drug-likeness (QED) is 0.158. The van der Waals surface area contributed by atoms with Gasteiger partial charge in [0.2, 0.25) is 6.79 Å². The van der Waals surface area contributed by atoms with Crippen LogP contribution in [-0.4, -0.2) is 33.2 Å². The van der Waals surface area contributed by atoms with Gasteiger partial charge in [0.1, 0.15) is 60.9 Å². The molecule has 2 aliphatic carbocycles. The number of hydrogen-bond donors (Lipinski definition) is 0. The number of hydrogen-bond acceptors (Lipinski definition) is 6. The zero-order chi connectivity index (χ0) is 35.1. The Morgan fingerprint density at radius 2 is 0.434 bits per heavy atom. The molecule has 16 rings (SSSR count). The Morgan fingerprint density at radius 1 is 0.226 bits per heavy atom. The van der Waals surface area contributed by atoms with Crippen molar-refractivity contribution >= 4 is 0 Å². The van der Waals surface area contributed by atoms with Crippen LogP contribution in [0.4, 0.5) is 0 Å². The molecule has 0 saturated heterocycles. The molecule has 0 spiro atoms. The molecule has 264 valence electrons. The normalized spacial score (nSPS) is 15.6. The van der Waals surface area contributed by atoms with Gasteiger partial charge in [-0.25, -0.2) is 0 Å². The van der Waals surface area contributed by atoms with Crippen LogP contribution in [0.25, 0.3) is 0 Å². The van der Waals surface area contributed by atoms with Gasteiger partial charge in [0, 0.05) is 0 Å². The summed E-state index contributed by atoms with van der Waals surface area (Å²) in [6, 6.07) is 38.9. The Morgan fingerprint density at radius 3 is 0.660 bits per heavy atom. The topological polar surface area (TPSA) is 55.4 Å². The van der Waals surface area contributed by atoms with Gasteiger partial charge in [-0.1, -0.05) is 36.4 Å². The lowest BCUT2D eigenvalue weighted by atomic mass is 9.94. The zero-order valence-corrected chi connectivity index (χ0v) is 29.6. The summed E-state index contributed by atoms with van der Waals surface area (Å²) < 4.78 is 38.0. The lowest BCUT2D eigenvalue weighted by Crippen LogP contribution is -2.10. The van der Waals surface area contributed by atoms with E-state index >= 15 is 0 Å². The van der Waals surface area contributed by atoms with Crippen LogP contribution in [0.5, 0.6) is 34.5 Å². The second-order valence-corrected chi connectivity index (χ2v) is 14.4. The molecule has 10 aliphatic rings. The van der Waals surface area contributed by atoms with Crippen LogP contribution >= 0.6 is 0 Å². The fourth-order valence-corrected chi connectivity index (χ4v) is 8.21. The van der Waals surface area contributed by atoms with Gasteiger partial charge in [-0.3, -0.25) is 0 Å². The molecule has 0 aromatic heterocycles. The Hall–Kier alpha value is -5.88. The lowest BCUT2D eigenvalue weighted by molar-refractivity contribution is 0.119. The van der Waals surface area contributed by atoms with Gasteiger partial charge < -0.3 is 28.4 Å². The van der Waals surface area contributed by atoms with Crippen LogP contribution in [-0.2, 0) is 38.5 Å². The third-order valence-electron chi connectivity index (χ3n) is 11.0. The van der Waals surface area contributed by atoms with E-state index in [1.54, 1.807) is 0 Å². The second-order valence-electron chi connectivity index (χ2n) is 14.4. The molecule has 6 nitrogen and oxygen atoms in total. The van der Waals surface area contributed by atoms with E-state index in [1.807, 2.05) is 0 Å². The molecular weight excluding hydrogens is 661 g/mol. The van der Waals surface area contributed by atoms with Crippen molar-refractivity contribution in [3.05, 3.63) is 176 Å². The average molecular weight is 701 g/mol. The summed E-state index contributed by atoms with van der Waals surface area (Å²) in [5.41, 5.74) is 15.1. The number of benzene rings is 6. The highest BCUT2D eigenvalue weighted by atomic mass is 16.7. The first-order valence-electron chi connectivity index (χ1n) is 18.6. The molecule has 0 amide bonds. The minimum Gasteiger partial charge on any atom is -0.490 e. The lowest BCUT2D eigenvalue weighted by Gasteiger charge is -2.16. The molecule has 0 saturated carbocycles. The summed E-state index contributed by atoms with van der Waals surface area (Å²) in [4.78, 5) is 0. The molecule has 0 N–H and O–H groups in total. The molecule has 6 aromatic rings. The molecule has 8 heterocycles. The van der Waals surface area contributed by atoms with Crippen molar-refractivity contribution in [2.24, 2.45) is 0 Å². The first-order chi connectivity index (χ1) is 26.1. The van der Waals surface area contributed by atoms with Crippen LogP contribution in [0, 0.1) is 0 Å². The van der Waals surface area contributed by atoms with E-state index in [1.165, 1.54) is 66.8 Å². The van der Waals surface area contributed by atoms with E-state index in [0.717, 1.165) is 73.0 Å². The molecule has 0 atom stereocenters. The summed E-state index contributed by atoms with van der Waals surface area (Å²) >= 11 is 0. The summed E-state index contributed by atoms with van der Waals surface area (Å²) in [5, 5.41) is 0. The van der Waals surface area contributed by atoms with Gasteiger partial charge in [-0.2, -0.15) is 0 Å². The SMILES string of the molecule is c1cc2c3cc1OCCOc1ccc4c(c1)Cc1ccc5cc1Cc1ccc(cc1C4)OCCOc1ccc(c(c1)Cc1ccc(cc1C2)OCO5)C3. The summed E-state index contributed by atoms with van der Waals surface area (Å²) in [6.07, 6.45) is 4.73. The highest BCUT2D eigenvalue weighted by Crippen LogP contribution is 2.35. The fourth-order valence-electron chi connectivity index (χ4n) is 8.21. The van der Waals surface area contributed by atoms with E-state index in [0.29, 0.717) is 26.4 Å². The number of ether oxygens (including phenoxy) is 6. The van der Waals surface area contributed by atoms with Crippen LogP contribution in [0.15, 0.2) is 109 Å². The maximum atomic E-state index is 6.34. The first kappa shape index (κ1) is 31.8. The van der Waals surface area contributed by atoms with Gasteiger partial charge in [-0.05, 0) is 178 Å². The molecule has 53 heavy (non-hydrogen) atoms. The molecule has 0 radical (unpaired) electrons. The van der Waals surface area contributed by atoms with E-state index in [2.05, 4.69) is 109 Å². The summed E-state index contributed by atoms with van der Waals surface area (Å²) in [6.45, 7) is 1.88. The largest absolute Gasteiger partial charge is 0.490 e. The molecule has 16 bridgehead atoms. The van der Waals surface area contributed by atoms with Gasteiger partial charge in [0.05, 0.1) is 0 Å². The molecule has 6 heteroatoms. The predicted molar refractivity (Wildman–Crippen MR) is 204 cm³/mol. The minimum atomic E-state index is 0.110. The molecule has 0 unspecified atom stereocenters. The van der Waals surface area contributed by atoms with Crippen LogP contribution in [0.3, 0.4) is 0 Å². The number of rotatable bonds is 0. The van der Waals surface area contributed by atoms with Crippen LogP contribution in [0.2, 0.25) is 0 Å². The van der Waals surface area contributed by atoms with E-state index in [4.69, 9.17) is 28.4 Å². The maximum Gasteiger partial charge on any atom is 0.230 e.